The van der Waals surface area contributed by atoms with Gasteiger partial charge < -0.3 is 4.98 Å². The van der Waals surface area contributed by atoms with E-state index in [2.05, 4.69) is 19.9 Å². The lowest BCUT2D eigenvalue weighted by atomic mass is 10.4. The second-order valence-corrected chi connectivity index (χ2v) is 2.19. The molecule has 2 rings (SSSR count). The molecule has 2 heterocycles. The van der Waals surface area contributed by atoms with Crippen LogP contribution in [-0.2, 0) is 0 Å². The number of halogens is 1. The van der Waals surface area contributed by atoms with E-state index in [1.165, 1.54) is 6.33 Å². The van der Waals surface area contributed by atoms with Crippen LogP contribution in [0.25, 0.3) is 11.2 Å². The lowest BCUT2D eigenvalue weighted by Gasteiger charge is -1.88. The van der Waals surface area contributed by atoms with Crippen molar-refractivity contribution in [1.29, 1.82) is 0 Å². The number of nitrogens with zero attached hydrogens (tertiary/aromatic N) is 3. The Kier molecular flexibility index (Phi) is 1.12. The first-order valence-corrected chi connectivity index (χ1v) is 3.10. The van der Waals surface area contributed by atoms with E-state index in [0.29, 0.717) is 16.9 Å². The number of fused-ring (bicyclic) bond motifs is 1. The normalized spacial score (nSPS) is 10.7. The number of H-pyrrole nitrogens is 1. The van der Waals surface area contributed by atoms with E-state index < -0.39 is 6.08 Å². The maximum absolute atomic E-state index is 12.5. The largest absolute Gasteiger partial charge is 0.311 e. The third kappa shape index (κ3) is 0.849. The Bertz CT molecular complexity index is 394. The van der Waals surface area contributed by atoms with Crippen LogP contribution in [0, 0.1) is 13.0 Å². The molecular formula is C6H5FN4. The van der Waals surface area contributed by atoms with Crippen molar-refractivity contribution in [3.05, 3.63) is 18.1 Å². The molecule has 5 heteroatoms. The zero-order valence-corrected chi connectivity index (χ0v) is 5.80. The fourth-order valence-electron chi connectivity index (χ4n) is 0.916. The van der Waals surface area contributed by atoms with Crippen molar-refractivity contribution in [2.75, 3.05) is 0 Å². The minimum Gasteiger partial charge on any atom is -0.311 e. The Hall–Kier alpha value is -1.52. The van der Waals surface area contributed by atoms with Crippen LogP contribution in [0.2, 0.25) is 0 Å². The van der Waals surface area contributed by atoms with E-state index in [1.54, 1.807) is 6.92 Å². The topological polar surface area (TPSA) is 54.5 Å². The number of imidazole rings is 1. The summed E-state index contributed by atoms with van der Waals surface area (Å²) in [6.07, 6.45) is 0.737. The van der Waals surface area contributed by atoms with Crippen LogP contribution in [0.5, 0.6) is 0 Å². The first kappa shape index (κ1) is 6.21. The summed E-state index contributed by atoms with van der Waals surface area (Å²) in [5, 5.41) is 0. The molecule has 11 heavy (non-hydrogen) atoms. The highest BCUT2D eigenvalue weighted by molar-refractivity contribution is 5.71. The number of aryl methyl sites for hydroxylation is 1. The van der Waals surface area contributed by atoms with E-state index >= 15 is 0 Å². The van der Waals surface area contributed by atoms with E-state index in [0.717, 1.165) is 0 Å². The Labute approximate surface area is 61.5 Å². The predicted octanol–water partition coefficient (Wildman–Crippen LogP) is 0.800. The van der Waals surface area contributed by atoms with Gasteiger partial charge in [0.15, 0.2) is 5.65 Å². The third-order valence-corrected chi connectivity index (χ3v) is 1.45. The molecule has 0 atom stereocenters. The van der Waals surface area contributed by atoms with Gasteiger partial charge in [0.25, 0.3) is 6.08 Å². The van der Waals surface area contributed by atoms with Gasteiger partial charge in [-0.15, -0.1) is 0 Å². The van der Waals surface area contributed by atoms with Crippen LogP contribution in [-0.4, -0.2) is 19.9 Å². The van der Waals surface area contributed by atoms with E-state index in [9.17, 15) is 4.39 Å². The molecule has 0 aromatic carbocycles. The molecule has 0 spiro atoms. The van der Waals surface area contributed by atoms with Gasteiger partial charge >= 0.3 is 0 Å². The Morgan fingerprint density at radius 1 is 1.45 bits per heavy atom. The monoisotopic (exact) mass is 152 g/mol. The van der Waals surface area contributed by atoms with Crippen molar-refractivity contribution in [2.24, 2.45) is 0 Å². The van der Waals surface area contributed by atoms with Crippen LogP contribution in [0.4, 0.5) is 4.39 Å². The van der Waals surface area contributed by atoms with E-state index in [4.69, 9.17) is 0 Å². The minimum atomic E-state index is -0.622. The summed E-state index contributed by atoms with van der Waals surface area (Å²) in [4.78, 5) is 13.6. The first-order valence-electron chi connectivity index (χ1n) is 3.10. The van der Waals surface area contributed by atoms with Gasteiger partial charge in [0.1, 0.15) is 11.8 Å². The SMILES string of the molecule is Cc1ncnc2nc(F)[nH]c12. The zero-order valence-electron chi connectivity index (χ0n) is 5.80. The first-order chi connectivity index (χ1) is 5.27. The highest BCUT2D eigenvalue weighted by Gasteiger charge is 2.04. The molecule has 0 radical (unpaired) electrons. The number of hydrogen-bond donors (Lipinski definition) is 1. The number of rotatable bonds is 0. The smallest absolute Gasteiger partial charge is 0.289 e. The van der Waals surface area contributed by atoms with Gasteiger partial charge in [-0.3, -0.25) is 0 Å². The van der Waals surface area contributed by atoms with Crippen molar-refractivity contribution in [1.82, 2.24) is 19.9 Å². The summed E-state index contributed by atoms with van der Waals surface area (Å²) in [6, 6.07) is 0. The van der Waals surface area contributed by atoms with Gasteiger partial charge in [-0.1, -0.05) is 0 Å². The van der Waals surface area contributed by atoms with Crippen LogP contribution >= 0.6 is 0 Å². The summed E-state index contributed by atoms with van der Waals surface area (Å²) < 4.78 is 12.5. The number of nitrogens with one attached hydrogen (secondary N) is 1. The van der Waals surface area contributed by atoms with Crippen molar-refractivity contribution in [3.8, 4) is 0 Å². The van der Waals surface area contributed by atoms with E-state index in [1.807, 2.05) is 0 Å². The van der Waals surface area contributed by atoms with E-state index in [-0.39, 0.29) is 0 Å². The van der Waals surface area contributed by atoms with Crippen LogP contribution in [0.1, 0.15) is 5.69 Å². The zero-order chi connectivity index (χ0) is 7.84. The number of hydrogen-bond acceptors (Lipinski definition) is 3. The lowest BCUT2D eigenvalue weighted by molar-refractivity contribution is 0.556. The number of aromatic amines is 1. The molecule has 0 unspecified atom stereocenters. The van der Waals surface area contributed by atoms with Crippen LogP contribution in [0.15, 0.2) is 6.33 Å². The Morgan fingerprint density at radius 2 is 2.27 bits per heavy atom. The summed E-state index contributed by atoms with van der Waals surface area (Å²) >= 11 is 0. The van der Waals surface area contributed by atoms with Crippen molar-refractivity contribution in [3.63, 3.8) is 0 Å². The summed E-state index contributed by atoms with van der Waals surface area (Å²) in [6.45, 7) is 1.77. The fraction of sp³-hybridized carbons (Fsp3) is 0.167. The maximum Gasteiger partial charge on any atom is 0.289 e. The lowest BCUT2D eigenvalue weighted by Crippen LogP contribution is -1.84. The van der Waals surface area contributed by atoms with Crippen molar-refractivity contribution in [2.45, 2.75) is 6.92 Å². The molecule has 56 valence electrons. The molecule has 2 aromatic rings. The van der Waals surface area contributed by atoms with Gasteiger partial charge in [-0.05, 0) is 6.92 Å². The minimum absolute atomic E-state index is 0.370. The highest BCUT2D eigenvalue weighted by atomic mass is 19.1. The van der Waals surface area contributed by atoms with Crippen molar-refractivity contribution >= 4 is 11.2 Å². The quantitative estimate of drug-likeness (QED) is 0.568. The molecule has 0 aliphatic carbocycles. The van der Waals surface area contributed by atoms with Gasteiger partial charge in [0.2, 0.25) is 0 Å². The average Bonchev–Trinajstić information content (AvgIpc) is 2.31. The molecule has 0 bridgehead atoms. The molecule has 0 aliphatic heterocycles. The predicted molar refractivity (Wildman–Crippen MR) is 36.4 cm³/mol. The molecule has 2 aromatic heterocycles. The molecular weight excluding hydrogens is 147 g/mol. The summed E-state index contributed by atoms with van der Waals surface area (Å²) in [7, 11) is 0. The molecule has 0 saturated heterocycles. The Balaban J connectivity index is 2.90. The van der Waals surface area contributed by atoms with Gasteiger partial charge in [0, 0.05) is 0 Å². The highest BCUT2D eigenvalue weighted by Crippen LogP contribution is 2.08. The molecule has 0 saturated carbocycles. The Morgan fingerprint density at radius 3 is 3.00 bits per heavy atom. The second kappa shape index (κ2) is 1.98. The average molecular weight is 152 g/mol. The van der Waals surface area contributed by atoms with Crippen LogP contribution in [0.3, 0.4) is 0 Å². The molecule has 1 N–H and O–H groups in total. The fourth-order valence-corrected chi connectivity index (χ4v) is 0.916. The molecule has 0 amide bonds. The van der Waals surface area contributed by atoms with Gasteiger partial charge in [-0.25, -0.2) is 9.97 Å². The molecule has 0 fully saturated rings. The van der Waals surface area contributed by atoms with Crippen LogP contribution < -0.4 is 0 Å². The third-order valence-electron chi connectivity index (χ3n) is 1.45. The van der Waals surface area contributed by atoms with Gasteiger partial charge in [0.05, 0.1) is 5.69 Å². The van der Waals surface area contributed by atoms with Crippen molar-refractivity contribution < 1.29 is 4.39 Å². The molecule has 0 aliphatic rings. The van der Waals surface area contributed by atoms with Gasteiger partial charge in [-0.2, -0.15) is 9.37 Å². The number of aromatic nitrogens is 4. The summed E-state index contributed by atoms with van der Waals surface area (Å²) in [5.41, 5.74) is 1.63. The summed E-state index contributed by atoms with van der Waals surface area (Å²) in [5.74, 6) is 0. The standard InChI is InChI=1S/C6H5FN4/c1-3-4-5(9-2-8-3)11-6(7)10-4/h2H,1H3,(H,8,9,10,11). The second-order valence-electron chi connectivity index (χ2n) is 2.19. The molecule has 4 nitrogen and oxygen atoms in total. The maximum atomic E-state index is 12.5.